The lowest BCUT2D eigenvalue weighted by Crippen LogP contribution is -2.36. The summed E-state index contributed by atoms with van der Waals surface area (Å²) in [6, 6.07) is 11.0. The first kappa shape index (κ1) is 22.1. The highest BCUT2D eigenvalue weighted by atomic mass is 32.1. The lowest BCUT2D eigenvalue weighted by atomic mass is 9.91. The fraction of sp³-hybridized carbons (Fsp3) is 0.250. The van der Waals surface area contributed by atoms with Crippen LogP contribution in [0.4, 0.5) is 5.95 Å². The van der Waals surface area contributed by atoms with Gasteiger partial charge in [0.25, 0.3) is 5.91 Å². The minimum atomic E-state index is -1.49. The van der Waals surface area contributed by atoms with Gasteiger partial charge in [-0.2, -0.15) is 0 Å². The normalized spacial score (nSPS) is 17.9. The number of carbonyl (C=O) groups excluding carboxylic acids is 1. The second kappa shape index (κ2) is 8.88. The first-order chi connectivity index (χ1) is 16.4. The number of aryl methyl sites for hydroxylation is 1. The molecule has 1 saturated heterocycles. The molecule has 172 valence electrons. The van der Waals surface area contributed by atoms with Crippen LogP contribution in [-0.4, -0.2) is 54.4 Å². The Kier molecular flexibility index (Phi) is 5.76. The third kappa shape index (κ3) is 4.25. The van der Waals surface area contributed by atoms with Crippen molar-refractivity contribution >= 4 is 23.2 Å². The zero-order valence-electron chi connectivity index (χ0n) is 18.8. The first-order valence-electron chi connectivity index (χ1n) is 10.8. The van der Waals surface area contributed by atoms with Crippen molar-refractivity contribution in [1.82, 2.24) is 29.8 Å². The third-order valence-corrected chi connectivity index (χ3v) is 6.66. The van der Waals surface area contributed by atoms with Crippen LogP contribution in [-0.2, 0) is 16.9 Å². The number of hydrogen-bond acceptors (Lipinski definition) is 9. The molecule has 0 radical (unpaired) electrons. The number of nitrogens with one attached hydrogen (secondary N) is 1. The molecular weight excluding hydrogens is 450 g/mol. The number of hydrogen-bond donors (Lipinski definition) is 2. The van der Waals surface area contributed by atoms with Gasteiger partial charge in [-0.15, -0.1) is 11.3 Å². The molecule has 10 heteroatoms. The molecule has 2 N–H and O–H groups in total. The molecule has 0 unspecified atom stereocenters. The predicted octanol–water partition coefficient (Wildman–Crippen LogP) is 3.03. The number of benzene rings is 1. The number of anilines is 1. The second-order valence-electron chi connectivity index (χ2n) is 8.19. The van der Waals surface area contributed by atoms with Crippen molar-refractivity contribution in [2.45, 2.75) is 25.5 Å². The van der Waals surface area contributed by atoms with Crippen LogP contribution in [0, 0.1) is 6.92 Å². The molecule has 1 aliphatic heterocycles. The molecule has 0 bridgehead atoms. The van der Waals surface area contributed by atoms with E-state index in [0.29, 0.717) is 42.5 Å². The fourth-order valence-corrected chi connectivity index (χ4v) is 4.70. The molecule has 1 aliphatic rings. The van der Waals surface area contributed by atoms with Crippen molar-refractivity contribution in [2.24, 2.45) is 0 Å². The topological polar surface area (TPSA) is 117 Å². The maximum Gasteiger partial charge on any atom is 0.258 e. The molecular formula is C24H23N7O2S. The van der Waals surface area contributed by atoms with Crippen molar-refractivity contribution in [3.63, 3.8) is 0 Å². The highest BCUT2D eigenvalue weighted by Gasteiger charge is 2.45. The molecule has 1 aromatic carbocycles. The van der Waals surface area contributed by atoms with Gasteiger partial charge in [-0.1, -0.05) is 18.2 Å². The Morgan fingerprint density at radius 3 is 2.76 bits per heavy atom. The zero-order chi connectivity index (χ0) is 23.7. The van der Waals surface area contributed by atoms with E-state index in [1.54, 1.807) is 36.5 Å². The number of carbonyl (C=O) groups is 1. The number of likely N-dealkylation sites (tertiary alicyclic amines) is 1. The van der Waals surface area contributed by atoms with E-state index in [0.717, 1.165) is 22.0 Å². The van der Waals surface area contributed by atoms with Gasteiger partial charge in [0.15, 0.2) is 5.60 Å². The number of aliphatic hydroxyl groups is 1. The van der Waals surface area contributed by atoms with Crippen LogP contribution in [0.25, 0.3) is 22.0 Å². The van der Waals surface area contributed by atoms with Crippen LogP contribution in [0.5, 0.6) is 0 Å². The average Bonchev–Trinajstić information content (AvgIpc) is 3.45. The molecule has 5 rings (SSSR count). The van der Waals surface area contributed by atoms with Crippen LogP contribution >= 0.6 is 11.3 Å². The Labute approximate surface area is 200 Å². The van der Waals surface area contributed by atoms with Crippen molar-refractivity contribution in [3.05, 3.63) is 71.3 Å². The number of aromatic nitrogens is 5. The van der Waals surface area contributed by atoms with Gasteiger partial charge in [0, 0.05) is 49.0 Å². The van der Waals surface area contributed by atoms with Crippen LogP contribution in [0.2, 0.25) is 0 Å². The highest BCUT2D eigenvalue weighted by Crippen LogP contribution is 2.36. The van der Waals surface area contributed by atoms with Gasteiger partial charge < -0.3 is 15.3 Å². The summed E-state index contributed by atoms with van der Waals surface area (Å²) in [5.74, 6) is 0.852. The summed E-state index contributed by atoms with van der Waals surface area (Å²) in [5.41, 5.74) is 2.25. The molecule has 4 aromatic rings. The Balaban J connectivity index is 1.36. The smallest absolute Gasteiger partial charge is 0.258 e. The Morgan fingerprint density at radius 2 is 1.97 bits per heavy atom. The summed E-state index contributed by atoms with van der Waals surface area (Å²) in [5, 5.41) is 16.9. The van der Waals surface area contributed by atoms with E-state index in [2.05, 4.69) is 25.3 Å². The summed E-state index contributed by atoms with van der Waals surface area (Å²) in [6.07, 6.45) is 3.78. The molecule has 1 atom stereocenters. The van der Waals surface area contributed by atoms with Gasteiger partial charge in [-0.25, -0.2) is 24.9 Å². The number of thiazole rings is 1. The largest absolute Gasteiger partial charge is 0.375 e. The molecule has 9 nitrogen and oxygen atoms in total. The van der Waals surface area contributed by atoms with Crippen molar-refractivity contribution < 1.29 is 9.90 Å². The van der Waals surface area contributed by atoms with Gasteiger partial charge in [-0.05, 0) is 30.7 Å². The number of nitrogens with zero attached hydrogens (tertiary/aromatic N) is 6. The van der Waals surface area contributed by atoms with Crippen molar-refractivity contribution in [2.75, 3.05) is 18.9 Å². The van der Waals surface area contributed by atoms with E-state index in [4.69, 9.17) is 4.98 Å². The van der Waals surface area contributed by atoms with Crippen molar-refractivity contribution in [3.8, 4) is 22.0 Å². The van der Waals surface area contributed by atoms with Gasteiger partial charge in [0.05, 0.1) is 12.2 Å². The van der Waals surface area contributed by atoms with Crippen LogP contribution in [0.1, 0.15) is 23.5 Å². The summed E-state index contributed by atoms with van der Waals surface area (Å²) in [4.78, 5) is 36.3. The average molecular weight is 474 g/mol. The van der Waals surface area contributed by atoms with Gasteiger partial charge in [-0.3, -0.25) is 4.79 Å². The predicted molar refractivity (Wildman–Crippen MR) is 129 cm³/mol. The molecule has 3 aromatic heterocycles. The molecule has 4 heterocycles. The van der Waals surface area contributed by atoms with Crippen molar-refractivity contribution in [1.29, 1.82) is 0 Å². The molecule has 34 heavy (non-hydrogen) atoms. The molecule has 0 saturated carbocycles. The highest BCUT2D eigenvalue weighted by molar-refractivity contribution is 7.13. The SMILES string of the molecule is Cc1ccnc(CNc2nccc(-c3csc(-c4cccc([C@]5(O)CCN(C)C5=O)c4)n3)n2)n1. The third-order valence-electron chi connectivity index (χ3n) is 5.77. The minimum absolute atomic E-state index is 0.276. The second-order valence-corrected chi connectivity index (χ2v) is 9.05. The zero-order valence-corrected chi connectivity index (χ0v) is 19.6. The summed E-state index contributed by atoms with van der Waals surface area (Å²) in [6.45, 7) is 2.86. The first-order valence-corrected chi connectivity index (χ1v) is 11.7. The summed E-state index contributed by atoms with van der Waals surface area (Å²) >= 11 is 1.48. The standard InChI is InChI=1S/C24H23N7O2S/c1-15-6-9-25-20(28-15)13-27-23-26-10-7-18(30-23)19-14-34-21(29-19)16-4-3-5-17(12-16)24(33)8-11-31(2)22(24)32/h3-7,9-10,12,14,33H,8,11,13H2,1-2H3,(H,26,27,30)/t24-/m1/s1. The van der Waals surface area contributed by atoms with E-state index in [1.165, 1.54) is 11.3 Å². The Bertz CT molecular complexity index is 1360. The van der Waals surface area contributed by atoms with E-state index in [1.807, 2.05) is 36.6 Å². The summed E-state index contributed by atoms with van der Waals surface area (Å²) in [7, 11) is 1.70. The monoisotopic (exact) mass is 473 g/mol. The van der Waals surface area contributed by atoms with Gasteiger partial charge >= 0.3 is 0 Å². The molecule has 1 fully saturated rings. The van der Waals surface area contributed by atoms with Crippen LogP contribution in [0.15, 0.2) is 54.2 Å². The quantitative estimate of drug-likeness (QED) is 0.439. The van der Waals surface area contributed by atoms with E-state index < -0.39 is 5.60 Å². The van der Waals surface area contributed by atoms with E-state index in [-0.39, 0.29) is 5.91 Å². The Hall–Kier alpha value is -3.76. The minimum Gasteiger partial charge on any atom is -0.375 e. The van der Waals surface area contributed by atoms with E-state index in [9.17, 15) is 9.90 Å². The number of amides is 1. The lowest BCUT2D eigenvalue weighted by Gasteiger charge is -2.21. The van der Waals surface area contributed by atoms with Crippen LogP contribution < -0.4 is 5.32 Å². The lowest BCUT2D eigenvalue weighted by molar-refractivity contribution is -0.143. The van der Waals surface area contributed by atoms with Gasteiger partial charge in [0.2, 0.25) is 5.95 Å². The molecule has 0 aliphatic carbocycles. The number of likely N-dealkylation sites (N-methyl/N-ethyl adjacent to an activating group) is 1. The molecule has 0 spiro atoms. The maximum atomic E-state index is 12.5. The van der Waals surface area contributed by atoms with Gasteiger partial charge in [0.1, 0.15) is 16.5 Å². The van der Waals surface area contributed by atoms with E-state index >= 15 is 0 Å². The fourth-order valence-electron chi connectivity index (χ4n) is 3.89. The molecule has 1 amide bonds. The number of rotatable bonds is 6. The maximum absolute atomic E-state index is 12.5. The summed E-state index contributed by atoms with van der Waals surface area (Å²) < 4.78 is 0. The Morgan fingerprint density at radius 1 is 1.12 bits per heavy atom. The van der Waals surface area contributed by atoms with Crippen LogP contribution in [0.3, 0.4) is 0 Å².